The van der Waals surface area contributed by atoms with E-state index in [0.29, 0.717) is 11.4 Å². The van der Waals surface area contributed by atoms with Crippen LogP contribution in [0.4, 0.5) is 0 Å². The van der Waals surface area contributed by atoms with Crippen LogP contribution in [0, 0.1) is 0 Å². The molecule has 5 heteroatoms. The highest BCUT2D eigenvalue weighted by Crippen LogP contribution is 2.19. The molecule has 0 saturated carbocycles. The van der Waals surface area contributed by atoms with E-state index < -0.39 is 12.0 Å². The zero-order valence-corrected chi connectivity index (χ0v) is 13.2. The molecule has 0 bridgehead atoms. The van der Waals surface area contributed by atoms with Crippen LogP contribution in [-0.4, -0.2) is 17.0 Å². The number of rotatable bonds is 5. The first-order valence-electron chi connectivity index (χ1n) is 7.36. The molecule has 23 heavy (non-hydrogen) atoms. The van der Waals surface area contributed by atoms with Crippen LogP contribution >= 0.6 is 11.6 Å². The Morgan fingerprint density at radius 3 is 2.70 bits per heavy atom. The van der Waals surface area contributed by atoms with Crippen molar-refractivity contribution in [3.63, 3.8) is 0 Å². The molecule has 0 saturated heterocycles. The van der Waals surface area contributed by atoms with Crippen LogP contribution in [0.2, 0.25) is 5.02 Å². The van der Waals surface area contributed by atoms with E-state index in [0.717, 1.165) is 22.0 Å². The molecular weight excluding hydrogens is 312 g/mol. The van der Waals surface area contributed by atoms with Gasteiger partial charge >= 0.3 is 5.97 Å². The molecule has 0 radical (unpaired) electrons. The Morgan fingerprint density at radius 1 is 1.13 bits per heavy atom. The molecule has 0 aliphatic rings. The number of aromatic nitrogens is 1. The molecule has 118 valence electrons. The first-order valence-corrected chi connectivity index (χ1v) is 7.73. The lowest BCUT2D eigenvalue weighted by atomic mass is 10.1. The van der Waals surface area contributed by atoms with Gasteiger partial charge < -0.3 is 15.5 Å². The summed E-state index contributed by atoms with van der Waals surface area (Å²) in [4.78, 5) is 15.3. The summed E-state index contributed by atoms with van der Waals surface area (Å²) in [6.45, 7) is 0.125. The molecule has 0 aliphatic heterocycles. The molecular formula is C18H17ClN2O2. The minimum absolute atomic E-state index is 0.125. The average molecular weight is 329 g/mol. The van der Waals surface area contributed by atoms with Crippen molar-refractivity contribution in [2.24, 2.45) is 5.73 Å². The Bertz CT molecular complexity index is 829. The third-order valence-electron chi connectivity index (χ3n) is 3.75. The zero-order valence-electron chi connectivity index (χ0n) is 12.5. The monoisotopic (exact) mass is 328 g/mol. The van der Waals surface area contributed by atoms with Gasteiger partial charge in [-0.1, -0.05) is 48.0 Å². The molecule has 0 aliphatic carbocycles. The van der Waals surface area contributed by atoms with Gasteiger partial charge in [0.15, 0.2) is 0 Å². The highest BCUT2D eigenvalue weighted by atomic mass is 35.5. The number of hydrogen-bond donors (Lipinski definition) is 2. The number of carbonyl (C=O) groups excluding carboxylic acids is 1. The minimum atomic E-state index is -0.711. The van der Waals surface area contributed by atoms with Gasteiger partial charge in [0, 0.05) is 34.1 Å². The van der Waals surface area contributed by atoms with E-state index in [-0.39, 0.29) is 6.61 Å². The number of fused-ring (bicyclic) bond motifs is 1. The highest BCUT2D eigenvalue weighted by Gasteiger charge is 2.18. The number of nitrogens with two attached hydrogens (primary N) is 1. The number of para-hydroxylation sites is 1. The Labute approximate surface area is 139 Å². The third-order valence-corrected chi connectivity index (χ3v) is 4.11. The molecule has 1 atom stereocenters. The fourth-order valence-corrected chi connectivity index (χ4v) is 2.68. The van der Waals surface area contributed by atoms with Crippen molar-refractivity contribution in [3.8, 4) is 0 Å². The van der Waals surface area contributed by atoms with Gasteiger partial charge in [-0.3, -0.25) is 4.79 Å². The fraction of sp³-hybridized carbons (Fsp3) is 0.167. The van der Waals surface area contributed by atoms with Crippen LogP contribution in [0.5, 0.6) is 0 Å². The summed E-state index contributed by atoms with van der Waals surface area (Å²) in [5.41, 5.74) is 8.78. The predicted octanol–water partition coefficient (Wildman–Crippen LogP) is 3.43. The van der Waals surface area contributed by atoms with Crippen molar-refractivity contribution < 1.29 is 9.53 Å². The summed E-state index contributed by atoms with van der Waals surface area (Å²) in [7, 11) is 0. The molecule has 3 aromatic rings. The zero-order chi connectivity index (χ0) is 16.2. The van der Waals surface area contributed by atoms with Gasteiger partial charge in [-0.05, 0) is 17.7 Å². The van der Waals surface area contributed by atoms with E-state index in [2.05, 4.69) is 4.98 Å². The lowest BCUT2D eigenvalue weighted by Crippen LogP contribution is -2.34. The summed E-state index contributed by atoms with van der Waals surface area (Å²) in [6.07, 6.45) is 2.30. The Kier molecular flexibility index (Phi) is 4.65. The summed E-state index contributed by atoms with van der Waals surface area (Å²) in [5, 5.41) is 1.65. The van der Waals surface area contributed by atoms with E-state index in [4.69, 9.17) is 22.1 Å². The van der Waals surface area contributed by atoms with Gasteiger partial charge in [0.05, 0.1) is 0 Å². The van der Waals surface area contributed by atoms with Gasteiger partial charge in [-0.25, -0.2) is 0 Å². The van der Waals surface area contributed by atoms with Crippen molar-refractivity contribution in [2.45, 2.75) is 19.1 Å². The SMILES string of the molecule is N[C@@H](Cc1c[nH]c2ccccc12)C(=O)OCc1ccccc1Cl. The van der Waals surface area contributed by atoms with Crippen molar-refractivity contribution in [2.75, 3.05) is 0 Å². The number of ether oxygens (including phenoxy) is 1. The Morgan fingerprint density at radius 2 is 1.87 bits per heavy atom. The molecule has 2 aromatic carbocycles. The first-order chi connectivity index (χ1) is 11.1. The van der Waals surface area contributed by atoms with E-state index in [1.165, 1.54) is 0 Å². The molecule has 4 nitrogen and oxygen atoms in total. The Balaban J connectivity index is 1.63. The van der Waals surface area contributed by atoms with Crippen LogP contribution in [0.25, 0.3) is 10.9 Å². The van der Waals surface area contributed by atoms with Crippen LogP contribution < -0.4 is 5.73 Å². The van der Waals surface area contributed by atoms with Crippen LogP contribution in [0.3, 0.4) is 0 Å². The van der Waals surface area contributed by atoms with Crippen LogP contribution in [-0.2, 0) is 22.6 Å². The Hall–Kier alpha value is -2.30. The summed E-state index contributed by atoms with van der Waals surface area (Å²) in [6, 6.07) is 14.5. The molecule has 3 N–H and O–H groups in total. The van der Waals surface area contributed by atoms with Gasteiger partial charge in [0.25, 0.3) is 0 Å². The second kappa shape index (κ2) is 6.86. The van der Waals surface area contributed by atoms with Crippen molar-refractivity contribution in [1.82, 2.24) is 4.98 Å². The number of hydrogen-bond acceptors (Lipinski definition) is 3. The lowest BCUT2D eigenvalue weighted by Gasteiger charge is -2.12. The number of nitrogens with one attached hydrogen (secondary N) is 1. The number of benzene rings is 2. The predicted molar refractivity (Wildman–Crippen MR) is 91.2 cm³/mol. The lowest BCUT2D eigenvalue weighted by molar-refractivity contribution is -0.146. The highest BCUT2D eigenvalue weighted by molar-refractivity contribution is 6.31. The van der Waals surface area contributed by atoms with E-state index in [9.17, 15) is 4.79 Å². The van der Waals surface area contributed by atoms with Gasteiger partial charge in [0.1, 0.15) is 12.6 Å². The second-order valence-electron chi connectivity index (χ2n) is 5.37. The van der Waals surface area contributed by atoms with Crippen LogP contribution in [0.1, 0.15) is 11.1 Å². The minimum Gasteiger partial charge on any atom is -0.460 e. The number of H-pyrrole nitrogens is 1. The van der Waals surface area contributed by atoms with Crippen LogP contribution in [0.15, 0.2) is 54.7 Å². The van der Waals surface area contributed by atoms with Gasteiger partial charge in [0.2, 0.25) is 0 Å². The van der Waals surface area contributed by atoms with Crippen molar-refractivity contribution in [1.29, 1.82) is 0 Å². The topological polar surface area (TPSA) is 68.1 Å². The molecule has 1 aromatic heterocycles. The maximum absolute atomic E-state index is 12.1. The summed E-state index contributed by atoms with van der Waals surface area (Å²) >= 11 is 6.04. The molecule has 1 heterocycles. The molecule has 0 fully saturated rings. The van der Waals surface area contributed by atoms with Crippen molar-refractivity contribution in [3.05, 3.63) is 70.9 Å². The normalized spacial score (nSPS) is 12.3. The number of aromatic amines is 1. The van der Waals surface area contributed by atoms with Gasteiger partial charge in [-0.2, -0.15) is 0 Å². The van der Waals surface area contributed by atoms with E-state index in [1.807, 2.05) is 48.7 Å². The molecule has 0 amide bonds. The number of halogens is 1. The second-order valence-corrected chi connectivity index (χ2v) is 5.78. The fourth-order valence-electron chi connectivity index (χ4n) is 2.49. The molecule has 0 spiro atoms. The first kappa shape index (κ1) is 15.6. The summed E-state index contributed by atoms with van der Waals surface area (Å²) < 4.78 is 5.27. The van der Waals surface area contributed by atoms with Gasteiger partial charge in [-0.15, -0.1) is 0 Å². The smallest absolute Gasteiger partial charge is 0.323 e. The van der Waals surface area contributed by atoms with Crippen molar-refractivity contribution >= 4 is 28.5 Å². The van der Waals surface area contributed by atoms with E-state index >= 15 is 0 Å². The third kappa shape index (κ3) is 3.55. The average Bonchev–Trinajstić information content (AvgIpc) is 2.97. The maximum Gasteiger partial charge on any atom is 0.323 e. The van der Waals surface area contributed by atoms with E-state index in [1.54, 1.807) is 6.07 Å². The largest absolute Gasteiger partial charge is 0.460 e. The number of carbonyl (C=O) groups is 1. The summed E-state index contributed by atoms with van der Waals surface area (Å²) in [5.74, 6) is -0.435. The quantitative estimate of drug-likeness (QED) is 0.705. The maximum atomic E-state index is 12.1. The standard InChI is InChI=1S/C18H17ClN2O2/c19-15-7-3-1-5-12(15)11-23-18(22)16(20)9-13-10-21-17-8-4-2-6-14(13)17/h1-8,10,16,21H,9,11,20H2/t16-/m0/s1. The number of esters is 1. The molecule has 3 rings (SSSR count). The molecule has 0 unspecified atom stereocenters.